The number of para-hydroxylation sites is 1. The van der Waals surface area contributed by atoms with Crippen LogP contribution in [0.3, 0.4) is 0 Å². The van der Waals surface area contributed by atoms with Crippen LogP contribution in [0.25, 0.3) is 10.1 Å². The highest BCUT2D eigenvalue weighted by Crippen LogP contribution is 2.34. The number of hydrazine groups is 1. The molecule has 1 aromatic heterocycles. The van der Waals surface area contributed by atoms with Crippen molar-refractivity contribution >= 4 is 44.8 Å². The van der Waals surface area contributed by atoms with Crippen LogP contribution in [0.4, 0.5) is 0 Å². The van der Waals surface area contributed by atoms with Crippen LogP contribution in [0.15, 0.2) is 48.5 Å². The molecule has 0 atom stereocenters. The summed E-state index contributed by atoms with van der Waals surface area (Å²) in [7, 11) is 1.47. The van der Waals surface area contributed by atoms with Crippen molar-refractivity contribution in [3.05, 3.63) is 64.0 Å². The Bertz CT molecular complexity index is 923. The second-order valence-corrected chi connectivity index (χ2v) is 6.28. The standard InChI is InChI=1S/C17H13ClN2O3S/c1-23-12-8-4-2-6-10(12)16(21)19-20-17(22)15-14(18)11-7-3-5-9-13(11)24-15/h2-9H,1H3,(H,19,21)(H,20,22). The summed E-state index contributed by atoms with van der Waals surface area (Å²) in [5.41, 5.74) is 5.08. The highest BCUT2D eigenvalue weighted by molar-refractivity contribution is 7.21. The number of hydrogen-bond acceptors (Lipinski definition) is 4. The lowest BCUT2D eigenvalue weighted by molar-refractivity contribution is 0.0847. The predicted molar refractivity (Wildman–Crippen MR) is 94.8 cm³/mol. The Balaban J connectivity index is 1.75. The lowest BCUT2D eigenvalue weighted by Gasteiger charge is -2.09. The molecule has 24 heavy (non-hydrogen) atoms. The van der Waals surface area contributed by atoms with Gasteiger partial charge in [0, 0.05) is 10.1 Å². The third-order valence-electron chi connectivity index (χ3n) is 3.38. The number of thiophene rings is 1. The van der Waals surface area contributed by atoms with Gasteiger partial charge in [0.05, 0.1) is 17.7 Å². The van der Waals surface area contributed by atoms with Gasteiger partial charge >= 0.3 is 0 Å². The maximum Gasteiger partial charge on any atom is 0.281 e. The number of halogens is 1. The minimum absolute atomic E-state index is 0.322. The second kappa shape index (κ2) is 6.90. The molecule has 2 amide bonds. The zero-order chi connectivity index (χ0) is 17.1. The first kappa shape index (κ1) is 16.3. The summed E-state index contributed by atoms with van der Waals surface area (Å²) in [6.07, 6.45) is 0. The maximum atomic E-state index is 12.3. The van der Waals surface area contributed by atoms with Crippen LogP contribution in [0.1, 0.15) is 20.0 Å². The molecule has 0 aliphatic heterocycles. The minimum atomic E-state index is -0.474. The van der Waals surface area contributed by atoms with Crippen molar-refractivity contribution in [2.45, 2.75) is 0 Å². The van der Waals surface area contributed by atoms with Gasteiger partial charge in [0.15, 0.2) is 0 Å². The number of nitrogens with one attached hydrogen (secondary N) is 2. The van der Waals surface area contributed by atoms with Crippen molar-refractivity contribution < 1.29 is 14.3 Å². The molecule has 5 nitrogen and oxygen atoms in total. The van der Waals surface area contributed by atoms with Gasteiger partial charge < -0.3 is 4.74 Å². The third-order valence-corrected chi connectivity index (χ3v) is 5.06. The highest BCUT2D eigenvalue weighted by atomic mass is 35.5. The van der Waals surface area contributed by atoms with Gasteiger partial charge in [-0.2, -0.15) is 0 Å². The molecule has 0 fully saturated rings. The highest BCUT2D eigenvalue weighted by Gasteiger charge is 2.18. The smallest absolute Gasteiger partial charge is 0.281 e. The van der Waals surface area contributed by atoms with Crippen molar-refractivity contribution in [1.29, 1.82) is 0 Å². The Morgan fingerprint density at radius 1 is 1.00 bits per heavy atom. The van der Waals surface area contributed by atoms with Gasteiger partial charge in [-0.1, -0.05) is 41.9 Å². The summed E-state index contributed by atoms with van der Waals surface area (Å²) in [5, 5.41) is 1.19. The molecule has 0 saturated carbocycles. The SMILES string of the molecule is COc1ccccc1C(=O)NNC(=O)c1sc2ccccc2c1Cl. The van der Waals surface area contributed by atoms with Crippen molar-refractivity contribution in [1.82, 2.24) is 10.9 Å². The normalized spacial score (nSPS) is 10.4. The van der Waals surface area contributed by atoms with Gasteiger partial charge in [-0.25, -0.2) is 0 Å². The van der Waals surface area contributed by atoms with Crippen LogP contribution in [0, 0.1) is 0 Å². The molecule has 0 aliphatic rings. The Morgan fingerprint density at radius 3 is 2.42 bits per heavy atom. The van der Waals surface area contributed by atoms with Gasteiger partial charge in [0.2, 0.25) is 0 Å². The number of ether oxygens (including phenoxy) is 1. The molecule has 0 saturated heterocycles. The summed E-state index contributed by atoms with van der Waals surface area (Å²) in [5.74, 6) is -0.522. The Kier molecular flexibility index (Phi) is 4.69. The van der Waals surface area contributed by atoms with E-state index in [0.29, 0.717) is 21.2 Å². The van der Waals surface area contributed by atoms with Crippen molar-refractivity contribution in [3.63, 3.8) is 0 Å². The first-order chi connectivity index (χ1) is 11.6. The monoisotopic (exact) mass is 360 g/mol. The first-order valence-corrected chi connectivity index (χ1v) is 8.22. The molecule has 122 valence electrons. The summed E-state index contributed by atoms with van der Waals surface area (Å²) in [4.78, 5) is 24.8. The number of carbonyl (C=O) groups excluding carboxylic acids is 2. The number of methoxy groups -OCH3 is 1. The lowest BCUT2D eigenvalue weighted by Crippen LogP contribution is -2.41. The van der Waals surface area contributed by atoms with E-state index in [2.05, 4.69) is 10.9 Å². The summed E-state index contributed by atoms with van der Waals surface area (Å²) < 4.78 is 6.03. The van der Waals surface area contributed by atoms with E-state index in [1.807, 2.05) is 24.3 Å². The third kappa shape index (κ3) is 3.06. The lowest BCUT2D eigenvalue weighted by atomic mass is 10.2. The molecule has 0 unspecified atom stereocenters. The molecule has 3 aromatic rings. The van der Waals surface area contributed by atoms with Gasteiger partial charge in [0.1, 0.15) is 10.6 Å². The Morgan fingerprint density at radius 2 is 1.67 bits per heavy atom. The van der Waals surface area contributed by atoms with E-state index < -0.39 is 11.8 Å². The molecule has 0 bridgehead atoms. The average molecular weight is 361 g/mol. The quantitative estimate of drug-likeness (QED) is 0.701. The molecule has 7 heteroatoms. The van der Waals surface area contributed by atoms with Gasteiger partial charge in [-0.3, -0.25) is 20.4 Å². The van der Waals surface area contributed by atoms with E-state index in [-0.39, 0.29) is 0 Å². The zero-order valence-corrected chi connectivity index (χ0v) is 14.2. The zero-order valence-electron chi connectivity index (χ0n) is 12.6. The van der Waals surface area contributed by atoms with E-state index in [4.69, 9.17) is 16.3 Å². The van der Waals surface area contributed by atoms with Crippen LogP contribution in [0.5, 0.6) is 5.75 Å². The molecular weight excluding hydrogens is 348 g/mol. The fourth-order valence-electron chi connectivity index (χ4n) is 2.23. The molecular formula is C17H13ClN2O3S. The molecule has 3 rings (SSSR count). The Hall–Kier alpha value is -2.57. The van der Waals surface area contributed by atoms with Crippen molar-refractivity contribution in [2.24, 2.45) is 0 Å². The van der Waals surface area contributed by atoms with Crippen molar-refractivity contribution in [2.75, 3.05) is 7.11 Å². The summed E-state index contributed by atoms with van der Waals surface area (Å²) in [6, 6.07) is 14.2. The van der Waals surface area contributed by atoms with Gasteiger partial charge in [-0.15, -0.1) is 11.3 Å². The van der Waals surface area contributed by atoms with Crippen LogP contribution in [-0.2, 0) is 0 Å². The van der Waals surface area contributed by atoms with E-state index in [9.17, 15) is 9.59 Å². The van der Waals surface area contributed by atoms with Crippen molar-refractivity contribution in [3.8, 4) is 5.75 Å². The number of hydrogen-bond donors (Lipinski definition) is 2. The molecule has 0 aliphatic carbocycles. The fraction of sp³-hybridized carbons (Fsp3) is 0.0588. The second-order valence-electron chi connectivity index (χ2n) is 4.85. The van der Waals surface area contributed by atoms with Gasteiger partial charge in [0.25, 0.3) is 11.8 Å². The first-order valence-electron chi connectivity index (χ1n) is 7.02. The maximum absolute atomic E-state index is 12.3. The number of amides is 2. The van der Waals surface area contributed by atoms with Crippen LogP contribution >= 0.6 is 22.9 Å². The van der Waals surface area contributed by atoms with Crippen LogP contribution in [0.2, 0.25) is 5.02 Å². The number of fused-ring (bicyclic) bond motifs is 1. The number of carbonyl (C=O) groups is 2. The Labute approximate surface area is 147 Å². The molecule has 2 aromatic carbocycles. The van der Waals surface area contributed by atoms with Gasteiger partial charge in [-0.05, 0) is 18.2 Å². The summed E-state index contributed by atoms with van der Waals surface area (Å²) in [6.45, 7) is 0. The predicted octanol–water partition coefficient (Wildman–Crippen LogP) is 3.64. The molecule has 0 radical (unpaired) electrons. The number of rotatable bonds is 3. The summed E-state index contributed by atoms with van der Waals surface area (Å²) >= 11 is 7.52. The van der Waals surface area contributed by atoms with E-state index >= 15 is 0 Å². The van der Waals surface area contributed by atoms with E-state index in [1.54, 1.807) is 24.3 Å². The van der Waals surface area contributed by atoms with Crippen LogP contribution < -0.4 is 15.6 Å². The average Bonchev–Trinajstić information content (AvgIpc) is 2.96. The molecule has 0 spiro atoms. The fourth-order valence-corrected chi connectivity index (χ4v) is 3.64. The number of benzene rings is 2. The topological polar surface area (TPSA) is 67.4 Å². The molecule has 2 N–H and O–H groups in total. The van der Waals surface area contributed by atoms with Crippen LogP contribution in [-0.4, -0.2) is 18.9 Å². The van der Waals surface area contributed by atoms with E-state index in [0.717, 1.165) is 10.1 Å². The minimum Gasteiger partial charge on any atom is -0.496 e. The molecule has 1 heterocycles. The largest absolute Gasteiger partial charge is 0.496 e. The van der Waals surface area contributed by atoms with E-state index in [1.165, 1.54) is 18.4 Å².